The molecule has 1 N–H and O–H groups in total. The summed E-state index contributed by atoms with van der Waals surface area (Å²) >= 11 is 0. The van der Waals surface area contributed by atoms with Crippen molar-refractivity contribution in [2.75, 3.05) is 13.7 Å². The highest BCUT2D eigenvalue weighted by atomic mass is 16.2. The van der Waals surface area contributed by atoms with Gasteiger partial charge in [-0.3, -0.25) is 9.69 Å². The van der Waals surface area contributed by atoms with Crippen LogP contribution in [-0.4, -0.2) is 50.8 Å². The SMILES string of the molecule is CN(Cc1cnn(-c2ccccc2)c1)CN1C(=O)NC(C)(CCc2ccccc2)C1=O. The maximum absolute atomic E-state index is 13.0. The minimum absolute atomic E-state index is 0.180. The van der Waals surface area contributed by atoms with Crippen molar-refractivity contribution in [2.24, 2.45) is 0 Å². The molecule has 3 aromatic rings. The molecule has 2 aromatic carbocycles. The fourth-order valence-electron chi connectivity index (χ4n) is 3.85. The number of para-hydroxylation sites is 1. The number of carbonyl (C=O) groups is 2. The van der Waals surface area contributed by atoms with Crippen LogP contribution in [0.3, 0.4) is 0 Å². The van der Waals surface area contributed by atoms with Crippen LogP contribution in [0.25, 0.3) is 5.69 Å². The minimum Gasteiger partial charge on any atom is -0.323 e. The van der Waals surface area contributed by atoms with Gasteiger partial charge in [0.2, 0.25) is 0 Å². The van der Waals surface area contributed by atoms with Crippen molar-refractivity contribution in [3.05, 3.63) is 84.2 Å². The molecule has 7 nitrogen and oxygen atoms in total. The molecule has 0 spiro atoms. The van der Waals surface area contributed by atoms with Crippen LogP contribution in [0.1, 0.15) is 24.5 Å². The van der Waals surface area contributed by atoms with Gasteiger partial charge in [0.05, 0.1) is 18.6 Å². The highest BCUT2D eigenvalue weighted by molar-refractivity contribution is 6.06. The Bertz CT molecular complexity index is 1050. The quantitative estimate of drug-likeness (QED) is 0.572. The lowest BCUT2D eigenvalue weighted by atomic mass is 9.93. The third kappa shape index (κ3) is 4.67. The van der Waals surface area contributed by atoms with E-state index < -0.39 is 5.54 Å². The van der Waals surface area contributed by atoms with Crippen LogP contribution >= 0.6 is 0 Å². The lowest BCUT2D eigenvalue weighted by Gasteiger charge is -2.24. The number of urea groups is 1. The van der Waals surface area contributed by atoms with Gasteiger partial charge in [0, 0.05) is 18.3 Å². The summed E-state index contributed by atoms with van der Waals surface area (Å²) in [5, 5.41) is 7.30. The summed E-state index contributed by atoms with van der Waals surface area (Å²) in [4.78, 5) is 28.8. The Morgan fingerprint density at radius 3 is 2.39 bits per heavy atom. The molecule has 4 rings (SSSR count). The van der Waals surface area contributed by atoms with Crippen LogP contribution in [0.15, 0.2) is 73.1 Å². The number of benzene rings is 2. The number of aromatic nitrogens is 2. The first-order chi connectivity index (χ1) is 14.9. The van der Waals surface area contributed by atoms with E-state index in [1.165, 1.54) is 4.90 Å². The van der Waals surface area contributed by atoms with Crippen LogP contribution in [0, 0.1) is 0 Å². The number of rotatable bonds is 8. The molecular formula is C24H27N5O2. The zero-order valence-electron chi connectivity index (χ0n) is 17.9. The predicted octanol–water partition coefficient (Wildman–Crippen LogP) is 3.20. The number of nitrogens with one attached hydrogen (secondary N) is 1. The fraction of sp³-hybridized carbons (Fsp3) is 0.292. The summed E-state index contributed by atoms with van der Waals surface area (Å²) in [5.41, 5.74) is 2.26. The summed E-state index contributed by atoms with van der Waals surface area (Å²) in [6.45, 7) is 2.60. The monoisotopic (exact) mass is 417 g/mol. The van der Waals surface area contributed by atoms with Gasteiger partial charge in [0.1, 0.15) is 5.54 Å². The van der Waals surface area contributed by atoms with Gasteiger partial charge in [-0.15, -0.1) is 0 Å². The molecule has 2 heterocycles. The van der Waals surface area contributed by atoms with Crippen molar-refractivity contribution in [2.45, 2.75) is 31.8 Å². The lowest BCUT2D eigenvalue weighted by molar-refractivity contribution is -0.132. The van der Waals surface area contributed by atoms with E-state index in [-0.39, 0.29) is 18.6 Å². The molecule has 0 bridgehead atoms. The number of hydrogen-bond acceptors (Lipinski definition) is 4. The van der Waals surface area contributed by atoms with Crippen molar-refractivity contribution in [3.8, 4) is 5.69 Å². The van der Waals surface area contributed by atoms with E-state index in [1.807, 2.05) is 83.5 Å². The normalized spacial score (nSPS) is 18.6. The summed E-state index contributed by atoms with van der Waals surface area (Å²) in [5.74, 6) is -0.180. The van der Waals surface area contributed by atoms with Crippen molar-refractivity contribution in [1.82, 2.24) is 24.9 Å². The van der Waals surface area contributed by atoms with E-state index in [4.69, 9.17) is 0 Å². The van der Waals surface area contributed by atoms with Crippen molar-refractivity contribution >= 4 is 11.9 Å². The molecule has 0 radical (unpaired) electrons. The molecule has 0 saturated carbocycles. The highest BCUT2D eigenvalue weighted by Gasteiger charge is 2.47. The zero-order valence-corrected chi connectivity index (χ0v) is 17.9. The number of amides is 3. The fourth-order valence-corrected chi connectivity index (χ4v) is 3.85. The maximum Gasteiger partial charge on any atom is 0.326 e. The van der Waals surface area contributed by atoms with Crippen molar-refractivity contribution in [3.63, 3.8) is 0 Å². The van der Waals surface area contributed by atoms with E-state index in [0.717, 1.165) is 23.2 Å². The largest absolute Gasteiger partial charge is 0.326 e. The smallest absolute Gasteiger partial charge is 0.323 e. The third-order valence-corrected chi connectivity index (χ3v) is 5.59. The van der Waals surface area contributed by atoms with Crippen LogP contribution in [0.5, 0.6) is 0 Å². The Morgan fingerprint density at radius 1 is 1.00 bits per heavy atom. The van der Waals surface area contributed by atoms with E-state index in [1.54, 1.807) is 13.1 Å². The molecule has 1 saturated heterocycles. The zero-order chi connectivity index (χ0) is 21.8. The molecular weight excluding hydrogens is 390 g/mol. The summed E-state index contributed by atoms with van der Waals surface area (Å²) in [6.07, 6.45) is 5.05. The molecule has 1 atom stereocenters. The molecule has 1 aliphatic rings. The molecule has 0 aliphatic carbocycles. The molecule has 31 heavy (non-hydrogen) atoms. The number of aryl methyl sites for hydroxylation is 1. The summed E-state index contributed by atoms with van der Waals surface area (Å²) < 4.78 is 1.82. The Labute approximate surface area is 182 Å². The second-order valence-corrected chi connectivity index (χ2v) is 8.27. The summed E-state index contributed by atoms with van der Waals surface area (Å²) in [7, 11) is 1.89. The highest BCUT2D eigenvalue weighted by Crippen LogP contribution is 2.23. The number of carbonyl (C=O) groups excluding carboxylic acids is 2. The van der Waals surface area contributed by atoms with Gasteiger partial charge in [0.25, 0.3) is 5.91 Å². The Kier molecular flexibility index (Phi) is 5.86. The first-order valence-corrected chi connectivity index (χ1v) is 10.4. The maximum atomic E-state index is 13.0. The minimum atomic E-state index is -0.883. The molecule has 1 fully saturated rings. The van der Waals surface area contributed by atoms with E-state index in [0.29, 0.717) is 13.0 Å². The van der Waals surface area contributed by atoms with Gasteiger partial charge >= 0.3 is 6.03 Å². The molecule has 1 unspecified atom stereocenters. The molecule has 3 amide bonds. The molecule has 1 aromatic heterocycles. The van der Waals surface area contributed by atoms with Crippen LogP contribution in [0.4, 0.5) is 4.79 Å². The van der Waals surface area contributed by atoms with Gasteiger partial charge in [0.15, 0.2) is 0 Å². The topological polar surface area (TPSA) is 70.5 Å². The lowest BCUT2D eigenvalue weighted by Crippen LogP contribution is -2.45. The number of imide groups is 1. The van der Waals surface area contributed by atoms with Crippen molar-refractivity contribution in [1.29, 1.82) is 0 Å². The van der Waals surface area contributed by atoms with E-state index in [2.05, 4.69) is 10.4 Å². The average Bonchev–Trinajstić information content (AvgIpc) is 3.32. The van der Waals surface area contributed by atoms with Gasteiger partial charge in [-0.05, 0) is 44.5 Å². The first kappa shape index (κ1) is 20.8. The summed E-state index contributed by atoms with van der Waals surface area (Å²) in [6, 6.07) is 19.5. The third-order valence-electron chi connectivity index (χ3n) is 5.59. The van der Waals surface area contributed by atoms with Crippen LogP contribution in [-0.2, 0) is 17.8 Å². The van der Waals surface area contributed by atoms with Crippen LogP contribution < -0.4 is 5.32 Å². The molecule has 160 valence electrons. The second-order valence-electron chi connectivity index (χ2n) is 8.27. The van der Waals surface area contributed by atoms with Gasteiger partial charge in [-0.2, -0.15) is 5.10 Å². The molecule has 1 aliphatic heterocycles. The van der Waals surface area contributed by atoms with E-state index in [9.17, 15) is 9.59 Å². The Balaban J connectivity index is 1.36. The van der Waals surface area contributed by atoms with Gasteiger partial charge < -0.3 is 5.32 Å². The standard InChI is InChI=1S/C24H27N5O2/c1-24(14-13-19-9-5-3-6-10-19)22(30)28(23(31)26-24)18-27(2)16-20-15-25-29(17-20)21-11-7-4-8-12-21/h3-12,15,17H,13-14,16,18H2,1-2H3,(H,26,31). The number of hydrogen-bond donors (Lipinski definition) is 1. The average molecular weight is 418 g/mol. The van der Waals surface area contributed by atoms with Crippen LogP contribution in [0.2, 0.25) is 0 Å². The van der Waals surface area contributed by atoms with Gasteiger partial charge in [-0.1, -0.05) is 48.5 Å². The predicted molar refractivity (Wildman–Crippen MR) is 118 cm³/mol. The Hall–Kier alpha value is -3.45. The number of nitrogens with zero attached hydrogens (tertiary/aromatic N) is 4. The first-order valence-electron chi connectivity index (χ1n) is 10.4. The van der Waals surface area contributed by atoms with E-state index >= 15 is 0 Å². The Morgan fingerprint density at radius 2 is 1.68 bits per heavy atom. The van der Waals surface area contributed by atoms with Crippen molar-refractivity contribution < 1.29 is 9.59 Å². The molecule has 7 heteroatoms. The second kappa shape index (κ2) is 8.73. The van der Waals surface area contributed by atoms with Gasteiger partial charge in [-0.25, -0.2) is 14.4 Å².